The van der Waals surface area contributed by atoms with Gasteiger partial charge in [-0.2, -0.15) is 5.26 Å². The molecule has 1 aliphatic rings. The Balaban J connectivity index is 1.94. The molecule has 0 aromatic heterocycles. The van der Waals surface area contributed by atoms with Gasteiger partial charge in [-0.05, 0) is 86.2 Å². The Morgan fingerprint density at radius 3 is 2.60 bits per heavy atom. The smallest absolute Gasteiger partial charge is 0.266 e. The van der Waals surface area contributed by atoms with Gasteiger partial charge in [-0.3, -0.25) is 4.79 Å². The Morgan fingerprint density at radius 2 is 1.97 bits per heavy atom. The first-order valence-corrected chi connectivity index (χ1v) is 10.6. The maximum absolute atomic E-state index is 12.7. The van der Waals surface area contributed by atoms with Crippen molar-refractivity contribution in [3.05, 3.63) is 62.6 Å². The minimum atomic E-state index is -0.487. The predicted molar refractivity (Wildman–Crippen MR) is 125 cm³/mol. The van der Waals surface area contributed by atoms with Gasteiger partial charge in [0.2, 0.25) is 0 Å². The van der Waals surface area contributed by atoms with Crippen LogP contribution >= 0.6 is 23.2 Å². The number of carbonyl (C=O) groups is 1. The molecular weight excluding hydrogens is 417 g/mol. The number of hydrogen-bond donors (Lipinski definition) is 1. The minimum absolute atomic E-state index is 0.0290. The molecule has 1 aliphatic heterocycles. The van der Waals surface area contributed by atoms with Crippen molar-refractivity contribution in [2.75, 3.05) is 17.3 Å². The van der Waals surface area contributed by atoms with E-state index in [0.29, 0.717) is 21.7 Å². The quantitative estimate of drug-likeness (QED) is 0.432. The normalized spacial score (nSPS) is 17.9. The molecule has 0 aliphatic carbocycles. The molecule has 1 amide bonds. The molecule has 0 saturated heterocycles. The highest BCUT2D eigenvalue weighted by molar-refractivity contribution is 6.42. The maximum Gasteiger partial charge on any atom is 0.266 e. The van der Waals surface area contributed by atoms with Gasteiger partial charge >= 0.3 is 0 Å². The van der Waals surface area contributed by atoms with Crippen LogP contribution in [-0.4, -0.2) is 18.5 Å². The number of nitrogens with zero attached hydrogens (tertiary/aromatic N) is 2. The van der Waals surface area contributed by atoms with Crippen LogP contribution in [0.1, 0.15) is 49.8 Å². The summed E-state index contributed by atoms with van der Waals surface area (Å²) in [6, 6.07) is 11.1. The summed E-state index contributed by atoms with van der Waals surface area (Å²) in [5.74, 6) is -0.103. The third-order valence-corrected chi connectivity index (χ3v) is 6.60. The Bertz CT molecular complexity index is 1080. The van der Waals surface area contributed by atoms with Crippen molar-refractivity contribution in [3.63, 3.8) is 0 Å². The molecule has 3 rings (SSSR count). The van der Waals surface area contributed by atoms with Crippen molar-refractivity contribution in [1.82, 2.24) is 0 Å². The molecule has 2 aromatic rings. The van der Waals surface area contributed by atoms with Crippen LogP contribution in [0.3, 0.4) is 0 Å². The van der Waals surface area contributed by atoms with Crippen LogP contribution in [-0.2, 0) is 4.79 Å². The first-order chi connectivity index (χ1) is 14.0. The molecule has 1 unspecified atom stereocenters. The Hall–Kier alpha value is -2.48. The average molecular weight is 442 g/mol. The lowest BCUT2D eigenvalue weighted by Gasteiger charge is -2.45. The Kier molecular flexibility index (Phi) is 6.17. The van der Waals surface area contributed by atoms with E-state index in [1.165, 1.54) is 11.3 Å². The third-order valence-electron chi connectivity index (χ3n) is 5.86. The largest absolute Gasteiger partial charge is 0.369 e. The predicted octanol–water partition coefficient (Wildman–Crippen LogP) is 6.57. The zero-order chi connectivity index (χ0) is 22.2. The summed E-state index contributed by atoms with van der Waals surface area (Å²) >= 11 is 11.9. The van der Waals surface area contributed by atoms with Crippen molar-refractivity contribution in [2.45, 2.75) is 45.6 Å². The number of halogens is 2. The van der Waals surface area contributed by atoms with Crippen molar-refractivity contribution in [1.29, 1.82) is 5.26 Å². The molecular formula is C24H25Cl2N3O. The highest BCUT2D eigenvalue weighted by Crippen LogP contribution is 2.43. The van der Waals surface area contributed by atoms with Crippen molar-refractivity contribution in [2.24, 2.45) is 0 Å². The lowest BCUT2D eigenvalue weighted by atomic mass is 9.79. The monoisotopic (exact) mass is 441 g/mol. The van der Waals surface area contributed by atoms with E-state index >= 15 is 0 Å². The summed E-state index contributed by atoms with van der Waals surface area (Å²) in [5, 5.41) is 13.0. The van der Waals surface area contributed by atoms with E-state index in [1.807, 2.05) is 13.0 Å². The standard InChI is InChI=1S/C24H25Cl2N3O/c1-14-8-22-19(15(2)12-24(3,4)29(22)5)10-16(14)9-17(13-27)23(30)28-18-6-7-20(25)21(26)11-18/h6-11,15H,12H2,1-5H3,(H,28,30)/b17-9+. The highest BCUT2D eigenvalue weighted by Gasteiger charge is 2.34. The number of nitrogens with one attached hydrogen (secondary N) is 1. The summed E-state index contributed by atoms with van der Waals surface area (Å²) in [4.78, 5) is 15.0. The Morgan fingerprint density at radius 1 is 1.27 bits per heavy atom. The molecule has 156 valence electrons. The number of carbonyl (C=O) groups excluding carboxylic acids is 1. The SMILES string of the molecule is Cc1cc2c(cc1/C=C(\C#N)C(=O)Nc1ccc(Cl)c(Cl)c1)C(C)CC(C)(C)N2C. The Labute approximate surface area is 188 Å². The van der Waals surface area contributed by atoms with E-state index in [1.54, 1.807) is 24.3 Å². The van der Waals surface area contributed by atoms with Gasteiger partial charge in [0.1, 0.15) is 11.6 Å². The molecule has 1 heterocycles. The van der Waals surface area contributed by atoms with Crippen LogP contribution in [0, 0.1) is 18.3 Å². The maximum atomic E-state index is 12.7. The lowest BCUT2D eigenvalue weighted by molar-refractivity contribution is -0.112. The number of rotatable bonds is 3. The van der Waals surface area contributed by atoms with E-state index in [4.69, 9.17) is 23.2 Å². The molecule has 2 aromatic carbocycles. The second-order valence-corrected chi connectivity index (χ2v) is 9.31. The van der Waals surface area contributed by atoms with Crippen molar-refractivity contribution >= 4 is 46.6 Å². The summed E-state index contributed by atoms with van der Waals surface area (Å²) in [6.07, 6.45) is 2.68. The van der Waals surface area contributed by atoms with Crippen molar-refractivity contribution < 1.29 is 4.79 Å². The number of hydrogen-bond acceptors (Lipinski definition) is 3. The van der Waals surface area contributed by atoms with Crippen LogP contribution < -0.4 is 10.2 Å². The zero-order valence-electron chi connectivity index (χ0n) is 17.8. The van der Waals surface area contributed by atoms with Crippen molar-refractivity contribution in [3.8, 4) is 6.07 Å². The first kappa shape index (κ1) is 22.2. The molecule has 0 radical (unpaired) electrons. The van der Waals surface area contributed by atoms with Crippen LogP contribution in [0.4, 0.5) is 11.4 Å². The van der Waals surface area contributed by atoms with E-state index in [0.717, 1.165) is 17.5 Å². The van der Waals surface area contributed by atoms with E-state index in [-0.39, 0.29) is 11.1 Å². The average Bonchev–Trinajstić information content (AvgIpc) is 2.67. The van der Waals surface area contributed by atoms with Crippen LogP contribution in [0.5, 0.6) is 0 Å². The minimum Gasteiger partial charge on any atom is -0.369 e. The second-order valence-electron chi connectivity index (χ2n) is 8.50. The van der Waals surface area contributed by atoms with Gasteiger partial charge in [-0.1, -0.05) is 30.1 Å². The summed E-state index contributed by atoms with van der Waals surface area (Å²) in [6.45, 7) is 8.71. The van der Waals surface area contributed by atoms with E-state index < -0.39 is 5.91 Å². The topological polar surface area (TPSA) is 56.1 Å². The number of nitriles is 1. The number of amides is 1. The number of anilines is 2. The fraction of sp³-hybridized carbons (Fsp3) is 0.333. The molecule has 30 heavy (non-hydrogen) atoms. The third kappa shape index (κ3) is 4.33. The van der Waals surface area contributed by atoms with Crippen LogP contribution in [0.25, 0.3) is 6.08 Å². The highest BCUT2D eigenvalue weighted by atomic mass is 35.5. The zero-order valence-corrected chi connectivity index (χ0v) is 19.3. The second kappa shape index (κ2) is 8.34. The van der Waals surface area contributed by atoms with E-state index in [2.05, 4.69) is 50.2 Å². The van der Waals surface area contributed by atoms with Gasteiger partial charge < -0.3 is 10.2 Å². The number of fused-ring (bicyclic) bond motifs is 1. The molecule has 0 saturated carbocycles. The van der Waals surface area contributed by atoms with Crippen LogP contribution in [0.15, 0.2) is 35.9 Å². The molecule has 0 bridgehead atoms. The summed E-state index contributed by atoms with van der Waals surface area (Å²) in [7, 11) is 2.12. The molecule has 4 nitrogen and oxygen atoms in total. The summed E-state index contributed by atoms with van der Waals surface area (Å²) in [5.41, 5.74) is 4.91. The fourth-order valence-corrected chi connectivity index (χ4v) is 4.26. The van der Waals surface area contributed by atoms with Gasteiger partial charge in [0.05, 0.1) is 10.0 Å². The van der Waals surface area contributed by atoms with Gasteiger partial charge in [-0.25, -0.2) is 0 Å². The molecule has 0 fully saturated rings. The molecule has 1 N–H and O–H groups in total. The fourth-order valence-electron chi connectivity index (χ4n) is 3.97. The number of aryl methyl sites for hydroxylation is 1. The summed E-state index contributed by atoms with van der Waals surface area (Å²) < 4.78 is 0. The van der Waals surface area contributed by atoms with Crippen LogP contribution in [0.2, 0.25) is 10.0 Å². The van der Waals surface area contributed by atoms with Gasteiger partial charge in [0.25, 0.3) is 5.91 Å². The van der Waals surface area contributed by atoms with Gasteiger partial charge in [-0.15, -0.1) is 0 Å². The lowest BCUT2D eigenvalue weighted by Crippen LogP contribution is -2.45. The van der Waals surface area contributed by atoms with Gasteiger partial charge in [0, 0.05) is 24.0 Å². The molecule has 1 atom stereocenters. The van der Waals surface area contributed by atoms with E-state index in [9.17, 15) is 10.1 Å². The molecule has 0 spiro atoms. The number of benzene rings is 2. The molecule has 6 heteroatoms. The first-order valence-electron chi connectivity index (χ1n) is 9.80. The van der Waals surface area contributed by atoms with Gasteiger partial charge in [0.15, 0.2) is 0 Å².